The molecule has 0 unspecified atom stereocenters. The van der Waals surface area contributed by atoms with Gasteiger partial charge in [-0.1, -0.05) is 89.4 Å². The summed E-state index contributed by atoms with van der Waals surface area (Å²) in [6.45, 7) is 1.50. The number of nitrogens with one attached hydrogen (secondary N) is 1. The van der Waals surface area contributed by atoms with E-state index in [1.807, 2.05) is 36.4 Å². The summed E-state index contributed by atoms with van der Waals surface area (Å²) < 4.78 is 0. The van der Waals surface area contributed by atoms with Crippen molar-refractivity contribution in [3.05, 3.63) is 183 Å². The smallest absolute Gasteiger partial charge is 0.336 e. The minimum Gasteiger partial charge on any atom is -0.478 e. The van der Waals surface area contributed by atoms with Crippen LogP contribution in [-0.4, -0.2) is 71.3 Å². The molecule has 16 heteroatoms. The number of pyridine rings is 5. The number of aromatic nitrogens is 5. The third-order valence-electron chi connectivity index (χ3n) is 10.4. The number of carboxylic acids is 1. The Kier molecular flexibility index (Phi) is 16.1. The van der Waals surface area contributed by atoms with Gasteiger partial charge in [0.05, 0.1) is 55.0 Å². The van der Waals surface area contributed by atoms with Gasteiger partial charge in [-0.3, -0.25) is 34.1 Å². The molecule has 3 aliphatic carbocycles. The highest BCUT2D eigenvalue weighted by Crippen LogP contribution is 2.31. The van der Waals surface area contributed by atoms with Gasteiger partial charge in [-0.05, 0) is 98.0 Å². The number of nitrogens with zero attached hydrogens (tertiary/aromatic N) is 5. The Bertz CT molecular complexity index is 3150. The summed E-state index contributed by atoms with van der Waals surface area (Å²) in [5.41, 5.74) is 11.2. The number of carboxylic acid groups (broad SMARTS) is 1. The number of amides is 1. The van der Waals surface area contributed by atoms with Gasteiger partial charge in [-0.25, -0.2) is 14.8 Å². The van der Waals surface area contributed by atoms with Crippen LogP contribution in [0.1, 0.15) is 79.7 Å². The van der Waals surface area contributed by atoms with Gasteiger partial charge in [0.2, 0.25) is 11.6 Å². The van der Waals surface area contributed by atoms with Crippen LogP contribution in [0.25, 0.3) is 44.6 Å². The van der Waals surface area contributed by atoms with Gasteiger partial charge >= 0.3 is 5.97 Å². The average molecular weight is 967 g/mol. The van der Waals surface area contributed by atoms with Crippen LogP contribution < -0.4 is 11.1 Å². The number of halogens is 3. The summed E-state index contributed by atoms with van der Waals surface area (Å²) in [6.07, 6.45) is 9.72. The normalized spacial score (nSPS) is 13.2. The Hall–Kier alpha value is -7.29. The first-order valence-electron chi connectivity index (χ1n) is 21.4. The molecule has 0 saturated heterocycles. The van der Waals surface area contributed by atoms with Gasteiger partial charge in [0.1, 0.15) is 5.69 Å². The van der Waals surface area contributed by atoms with Crippen molar-refractivity contribution in [1.82, 2.24) is 30.2 Å². The number of nitrogens with two attached hydrogens (primary N) is 1. The molecule has 5 heterocycles. The molecule has 0 aliphatic heterocycles. The zero-order valence-corrected chi connectivity index (χ0v) is 38.7. The topological polar surface area (TPSA) is 208 Å². The van der Waals surface area contributed by atoms with Gasteiger partial charge in [-0.2, -0.15) is 0 Å². The van der Waals surface area contributed by atoms with Crippen LogP contribution in [0.4, 0.5) is 0 Å². The Morgan fingerprint density at radius 2 is 1.12 bits per heavy atom. The van der Waals surface area contributed by atoms with Crippen LogP contribution in [0.2, 0.25) is 15.1 Å². The lowest BCUT2D eigenvalue weighted by Gasteiger charge is -2.10. The maximum absolute atomic E-state index is 12.6. The lowest BCUT2D eigenvalue weighted by atomic mass is 10.1. The number of ketones is 3. The Labute approximate surface area is 405 Å². The molecule has 13 nitrogen and oxygen atoms in total. The van der Waals surface area contributed by atoms with E-state index >= 15 is 0 Å². The number of carbonyl (C=O) groups excluding carboxylic acids is 4. The quantitative estimate of drug-likeness (QED) is 0.105. The summed E-state index contributed by atoms with van der Waals surface area (Å²) in [4.78, 5) is 78.1. The van der Waals surface area contributed by atoms with E-state index in [9.17, 15) is 29.1 Å². The number of hydrogen-bond donors (Lipinski definition) is 3. The van der Waals surface area contributed by atoms with Gasteiger partial charge in [-0.15, -0.1) is 0 Å². The molecule has 1 amide bonds. The number of benzene rings is 3. The number of hydrogen-bond acceptors (Lipinski definition) is 11. The zero-order chi connectivity index (χ0) is 48.3. The summed E-state index contributed by atoms with van der Waals surface area (Å²) in [6, 6.07) is 36.0. The molecule has 4 N–H and O–H groups in total. The maximum Gasteiger partial charge on any atom is 0.336 e. The Balaban J connectivity index is 0.000000137. The van der Waals surface area contributed by atoms with Gasteiger partial charge in [0.25, 0.3) is 5.91 Å². The zero-order valence-electron chi connectivity index (χ0n) is 36.4. The molecule has 0 radical (unpaired) electrons. The number of rotatable bonds is 6. The molecule has 5 aromatic heterocycles. The van der Waals surface area contributed by atoms with Crippen LogP contribution in [0.15, 0.2) is 140 Å². The first kappa shape index (κ1) is 48.6. The van der Waals surface area contributed by atoms with Gasteiger partial charge < -0.3 is 16.2 Å². The average Bonchev–Trinajstić information content (AvgIpc) is 4.31. The first-order chi connectivity index (χ1) is 32.8. The number of aromatic carboxylic acids is 1. The molecule has 3 aliphatic rings. The molecule has 3 aromatic carbocycles. The van der Waals surface area contributed by atoms with Crippen molar-refractivity contribution in [2.45, 2.75) is 51.1 Å². The van der Waals surface area contributed by atoms with E-state index in [4.69, 9.17) is 40.5 Å². The SMILES string of the molecule is CC(=O)c1ccccn1.NC1CC1.O=C(NC1CC1)c1cc(-c2ccccn2)nc2c(Cl)cccc12.O=C(O)c1cc(-c2ccccn2)nc2c(Cl)cccc12.O=C1Cc2c(Cl)cccc2C1=O. The fourth-order valence-corrected chi connectivity index (χ4v) is 7.26. The molecule has 11 rings (SSSR count). The van der Waals surface area contributed by atoms with Crippen molar-refractivity contribution in [2.24, 2.45) is 5.73 Å². The van der Waals surface area contributed by atoms with Crippen LogP contribution in [-0.2, 0) is 11.2 Å². The summed E-state index contributed by atoms with van der Waals surface area (Å²) in [7, 11) is 0. The molecule has 342 valence electrons. The minimum atomic E-state index is -1.02. The van der Waals surface area contributed by atoms with Crippen molar-refractivity contribution in [3.63, 3.8) is 0 Å². The summed E-state index contributed by atoms with van der Waals surface area (Å²) in [5, 5.41) is 15.1. The van der Waals surface area contributed by atoms with Gasteiger partial charge in [0, 0.05) is 65.4 Å². The summed E-state index contributed by atoms with van der Waals surface area (Å²) >= 11 is 18.2. The van der Waals surface area contributed by atoms with E-state index < -0.39 is 11.8 Å². The first-order valence-corrected chi connectivity index (χ1v) is 22.5. The standard InChI is InChI=1S/C18H14ClN3O.C15H9ClN2O2.C9H5ClO2.C7H7NO.C3H7N/c19-14-5-3-4-12-13(18(23)21-11-7-8-11)10-16(22-17(12)14)15-6-1-2-9-20-15;16-11-5-3-4-9-10(15(19)20)8-13(18-14(9)11)12-6-1-2-7-17-12;10-7-3-1-2-5-6(7)4-8(11)9(5)12;1-6(9)7-4-2-3-5-8-7;4-3-1-2-3/h1-6,9-11H,7-8H2,(H,21,23);1-8H,(H,19,20);1-3H,4H2;2-5H,1H3;3H,1-2,4H2. The molecule has 68 heavy (non-hydrogen) atoms. The van der Waals surface area contributed by atoms with E-state index in [2.05, 4.69) is 30.2 Å². The third-order valence-corrected chi connectivity index (χ3v) is 11.4. The minimum absolute atomic E-state index is 0.00981. The lowest BCUT2D eigenvalue weighted by molar-refractivity contribution is -0.114. The molecule has 2 fully saturated rings. The second kappa shape index (κ2) is 22.5. The van der Waals surface area contributed by atoms with E-state index in [0.717, 1.165) is 23.9 Å². The molecule has 0 atom stereocenters. The van der Waals surface area contributed by atoms with Crippen molar-refractivity contribution in [3.8, 4) is 22.8 Å². The highest BCUT2D eigenvalue weighted by Gasteiger charge is 2.29. The number of para-hydroxylation sites is 2. The predicted octanol–water partition coefficient (Wildman–Crippen LogP) is 10.5. The van der Waals surface area contributed by atoms with E-state index in [-0.39, 0.29) is 29.5 Å². The Morgan fingerprint density at radius 1 is 0.618 bits per heavy atom. The van der Waals surface area contributed by atoms with Crippen LogP contribution in [0.3, 0.4) is 0 Å². The number of fused-ring (bicyclic) bond motifs is 3. The predicted molar refractivity (Wildman–Crippen MR) is 263 cm³/mol. The molecular weight excluding hydrogens is 925 g/mol. The fraction of sp³-hybridized carbons (Fsp3) is 0.154. The van der Waals surface area contributed by atoms with E-state index in [0.29, 0.717) is 83.0 Å². The van der Waals surface area contributed by atoms with E-state index in [1.54, 1.807) is 97.5 Å². The molecule has 0 spiro atoms. The molecular formula is C52H42Cl3N7O6. The third kappa shape index (κ3) is 12.6. The highest BCUT2D eigenvalue weighted by atomic mass is 35.5. The number of Topliss-reactive ketones (excluding diaryl/α,β-unsaturated/α-hetero) is 3. The van der Waals surface area contributed by atoms with Crippen molar-refractivity contribution in [2.75, 3.05) is 0 Å². The van der Waals surface area contributed by atoms with E-state index in [1.165, 1.54) is 25.8 Å². The molecule has 2 saturated carbocycles. The monoisotopic (exact) mass is 965 g/mol. The molecule has 0 bridgehead atoms. The van der Waals surface area contributed by atoms with Crippen molar-refractivity contribution in [1.29, 1.82) is 0 Å². The van der Waals surface area contributed by atoms with Crippen LogP contribution in [0, 0.1) is 0 Å². The second-order valence-electron chi connectivity index (χ2n) is 15.7. The lowest BCUT2D eigenvalue weighted by Crippen LogP contribution is -2.25. The summed E-state index contributed by atoms with van der Waals surface area (Å²) in [5.74, 6) is -1.86. The van der Waals surface area contributed by atoms with Crippen LogP contribution in [0.5, 0.6) is 0 Å². The van der Waals surface area contributed by atoms with Gasteiger partial charge in [0.15, 0.2) is 5.78 Å². The number of carbonyl (C=O) groups is 5. The highest BCUT2D eigenvalue weighted by molar-refractivity contribution is 6.48. The Morgan fingerprint density at radius 3 is 1.56 bits per heavy atom. The van der Waals surface area contributed by atoms with Crippen molar-refractivity contribution >= 4 is 85.8 Å². The fourth-order valence-electron chi connectivity index (χ4n) is 6.58. The largest absolute Gasteiger partial charge is 0.478 e. The van der Waals surface area contributed by atoms with Crippen LogP contribution >= 0.6 is 34.8 Å². The maximum atomic E-state index is 12.6. The second-order valence-corrected chi connectivity index (χ2v) is 16.9. The van der Waals surface area contributed by atoms with Crippen molar-refractivity contribution < 1.29 is 29.1 Å². The molecule has 8 aromatic rings.